The van der Waals surface area contributed by atoms with Crippen LogP contribution < -0.4 is 0 Å². The fraction of sp³-hybridized carbons (Fsp3) is 0.0500. The van der Waals surface area contributed by atoms with Crippen molar-refractivity contribution < 1.29 is 9.52 Å². The number of halogens is 1. The SMILES string of the molecule is OC(c1cccnc1)c1c(-c2cccs2)coc1-c1ccc(Cl)cc1. The number of hydrogen-bond acceptors (Lipinski definition) is 4. The van der Waals surface area contributed by atoms with Crippen LogP contribution in [0.25, 0.3) is 21.8 Å². The van der Waals surface area contributed by atoms with Gasteiger partial charge >= 0.3 is 0 Å². The van der Waals surface area contributed by atoms with Gasteiger partial charge in [0.25, 0.3) is 0 Å². The first kappa shape index (κ1) is 16.1. The number of pyridine rings is 1. The van der Waals surface area contributed by atoms with Gasteiger partial charge in [-0.05, 0) is 41.8 Å². The van der Waals surface area contributed by atoms with Crippen molar-refractivity contribution in [1.29, 1.82) is 0 Å². The first-order chi connectivity index (χ1) is 12.2. The van der Waals surface area contributed by atoms with Crippen LogP contribution in [-0.4, -0.2) is 10.1 Å². The highest BCUT2D eigenvalue weighted by Crippen LogP contribution is 2.42. The molecule has 0 spiro atoms. The maximum Gasteiger partial charge on any atom is 0.140 e. The van der Waals surface area contributed by atoms with Gasteiger partial charge in [0.1, 0.15) is 18.1 Å². The van der Waals surface area contributed by atoms with Crippen LogP contribution >= 0.6 is 22.9 Å². The highest BCUT2D eigenvalue weighted by molar-refractivity contribution is 7.13. The molecule has 1 unspecified atom stereocenters. The highest BCUT2D eigenvalue weighted by atomic mass is 35.5. The van der Waals surface area contributed by atoms with Gasteiger partial charge in [-0.3, -0.25) is 4.98 Å². The third-order valence-corrected chi connectivity index (χ3v) is 5.15. The average Bonchev–Trinajstić information content (AvgIpc) is 3.32. The number of furan rings is 1. The lowest BCUT2D eigenvalue weighted by Gasteiger charge is -2.13. The van der Waals surface area contributed by atoms with Crippen LogP contribution in [0.4, 0.5) is 0 Å². The van der Waals surface area contributed by atoms with E-state index in [4.69, 9.17) is 16.0 Å². The fourth-order valence-corrected chi connectivity index (χ4v) is 3.66. The first-order valence-electron chi connectivity index (χ1n) is 7.73. The van der Waals surface area contributed by atoms with Crippen LogP contribution in [0.2, 0.25) is 5.02 Å². The van der Waals surface area contributed by atoms with Gasteiger partial charge in [-0.1, -0.05) is 23.7 Å². The Morgan fingerprint density at radius 3 is 2.60 bits per heavy atom. The zero-order chi connectivity index (χ0) is 17.2. The Bertz CT molecular complexity index is 963. The predicted molar refractivity (Wildman–Crippen MR) is 101 cm³/mol. The van der Waals surface area contributed by atoms with Gasteiger partial charge in [0.2, 0.25) is 0 Å². The average molecular weight is 368 g/mol. The molecule has 3 nitrogen and oxygen atoms in total. The number of thiophene rings is 1. The van der Waals surface area contributed by atoms with Gasteiger partial charge < -0.3 is 9.52 Å². The molecule has 0 saturated carbocycles. The van der Waals surface area contributed by atoms with E-state index in [1.165, 1.54) is 0 Å². The molecule has 1 N–H and O–H groups in total. The van der Waals surface area contributed by atoms with Crippen molar-refractivity contribution in [2.75, 3.05) is 0 Å². The van der Waals surface area contributed by atoms with E-state index >= 15 is 0 Å². The van der Waals surface area contributed by atoms with E-state index in [1.54, 1.807) is 30.0 Å². The number of aromatic nitrogens is 1. The van der Waals surface area contributed by atoms with Crippen molar-refractivity contribution in [3.8, 4) is 21.8 Å². The van der Waals surface area contributed by atoms with E-state index in [0.29, 0.717) is 10.8 Å². The maximum absolute atomic E-state index is 11.0. The van der Waals surface area contributed by atoms with E-state index in [2.05, 4.69) is 4.98 Å². The first-order valence-corrected chi connectivity index (χ1v) is 8.99. The minimum Gasteiger partial charge on any atom is -0.463 e. The quantitative estimate of drug-likeness (QED) is 0.495. The van der Waals surface area contributed by atoms with E-state index in [1.807, 2.05) is 53.9 Å². The van der Waals surface area contributed by atoms with Gasteiger partial charge in [-0.25, -0.2) is 0 Å². The topological polar surface area (TPSA) is 46.3 Å². The molecule has 0 aliphatic heterocycles. The standard InChI is InChI=1S/C20H14ClNO2S/c21-15-7-5-13(6-8-15)20-18(19(23)14-3-1-9-22-11-14)16(12-24-20)17-4-2-10-25-17/h1-12,19,23H. The third kappa shape index (κ3) is 3.12. The fourth-order valence-electron chi connectivity index (χ4n) is 2.79. The van der Waals surface area contributed by atoms with Gasteiger partial charge in [0.15, 0.2) is 0 Å². The Hall–Kier alpha value is -2.40. The minimum atomic E-state index is -0.838. The van der Waals surface area contributed by atoms with Crippen LogP contribution in [0.5, 0.6) is 0 Å². The second-order valence-electron chi connectivity index (χ2n) is 5.57. The number of nitrogens with zero attached hydrogens (tertiary/aromatic N) is 1. The Balaban J connectivity index is 1.89. The summed E-state index contributed by atoms with van der Waals surface area (Å²) in [5.74, 6) is 0.636. The molecule has 0 aliphatic rings. The Labute approximate surface area is 154 Å². The summed E-state index contributed by atoms with van der Waals surface area (Å²) >= 11 is 7.60. The summed E-state index contributed by atoms with van der Waals surface area (Å²) in [6.45, 7) is 0. The predicted octanol–water partition coefficient (Wildman–Crippen LogP) is 5.81. The van der Waals surface area contributed by atoms with E-state index in [-0.39, 0.29) is 0 Å². The molecule has 4 aromatic rings. The van der Waals surface area contributed by atoms with Gasteiger partial charge in [0, 0.05) is 44.5 Å². The van der Waals surface area contributed by atoms with Gasteiger partial charge in [-0.15, -0.1) is 11.3 Å². The molecule has 3 heterocycles. The van der Waals surface area contributed by atoms with Crippen molar-refractivity contribution in [1.82, 2.24) is 4.98 Å². The van der Waals surface area contributed by atoms with Crippen LogP contribution in [0, 0.1) is 0 Å². The Kier molecular flexibility index (Phi) is 4.40. The lowest BCUT2D eigenvalue weighted by molar-refractivity contribution is 0.220. The molecule has 0 saturated heterocycles. The summed E-state index contributed by atoms with van der Waals surface area (Å²) < 4.78 is 5.87. The highest BCUT2D eigenvalue weighted by Gasteiger charge is 2.25. The molecule has 0 fully saturated rings. The van der Waals surface area contributed by atoms with Crippen molar-refractivity contribution in [2.45, 2.75) is 6.10 Å². The summed E-state index contributed by atoms with van der Waals surface area (Å²) in [6.07, 6.45) is 4.22. The molecule has 0 aliphatic carbocycles. The van der Waals surface area contributed by atoms with Crippen molar-refractivity contribution in [3.63, 3.8) is 0 Å². The zero-order valence-corrected chi connectivity index (χ0v) is 14.7. The smallest absolute Gasteiger partial charge is 0.140 e. The molecule has 5 heteroatoms. The molecule has 0 bridgehead atoms. The third-order valence-electron chi connectivity index (χ3n) is 4.00. The molecule has 0 amide bonds. The number of hydrogen-bond donors (Lipinski definition) is 1. The number of rotatable bonds is 4. The largest absolute Gasteiger partial charge is 0.463 e. The number of aliphatic hydroxyl groups is 1. The molecule has 124 valence electrons. The Morgan fingerprint density at radius 2 is 1.92 bits per heavy atom. The normalized spacial score (nSPS) is 12.2. The van der Waals surface area contributed by atoms with E-state index in [9.17, 15) is 5.11 Å². The van der Waals surface area contributed by atoms with Gasteiger partial charge in [0.05, 0.1) is 0 Å². The van der Waals surface area contributed by atoms with E-state index in [0.717, 1.165) is 27.1 Å². The minimum absolute atomic E-state index is 0.636. The van der Waals surface area contributed by atoms with Crippen molar-refractivity contribution in [3.05, 3.63) is 88.7 Å². The number of benzene rings is 1. The van der Waals surface area contributed by atoms with Gasteiger partial charge in [-0.2, -0.15) is 0 Å². The van der Waals surface area contributed by atoms with E-state index < -0.39 is 6.10 Å². The molecule has 0 radical (unpaired) electrons. The zero-order valence-electron chi connectivity index (χ0n) is 13.1. The lowest BCUT2D eigenvalue weighted by atomic mass is 9.96. The molecule has 1 aromatic carbocycles. The molecule has 4 rings (SSSR count). The summed E-state index contributed by atoms with van der Waals surface area (Å²) in [7, 11) is 0. The van der Waals surface area contributed by atoms with Crippen molar-refractivity contribution in [2.24, 2.45) is 0 Å². The molecule has 3 aromatic heterocycles. The van der Waals surface area contributed by atoms with Crippen molar-refractivity contribution >= 4 is 22.9 Å². The number of aliphatic hydroxyl groups excluding tert-OH is 1. The maximum atomic E-state index is 11.0. The molecular formula is C20H14ClNO2S. The van der Waals surface area contributed by atoms with Crippen LogP contribution in [0.1, 0.15) is 17.2 Å². The summed E-state index contributed by atoms with van der Waals surface area (Å²) in [5.41, 5.74) is 3.20. The Morgan fingerprint density at radius 1 is 1.08 bits per heavy atom. The second-order valence-corrected chi connectivity index (χ2v) is 6.95. The second kappa shape index (κ2) is 6.84. The van der Waals surface area contributed by atoms with Crippen LogP contribution in [0.3, 0.4) is 0 Å². The summed E-state index contributed by atoms with van der Waals surface area (Å²) in [6, 6.07) is 15.1. The monoisotopic (exact) mass is 367 g/mol. The molecular weight excluding hydrogens is 354 g/mol. The lowest BCUT2D eigenvalue weighted by Crippen LogP contribution is -2.02. The molecule has 25 heavy (non-hydrogen) atoms. The molecule has 1 atom stereocenters. The van der Waals surface area contributed by atoms with Crippen LogP contribution in [-0.2, 0) is 0 Å². The summed E-state index contributed by atoms with van der Waals surface area (Å²) in [5, 5.41) is 13.7. The van der Waals surface area contributed by atoms with Crippen LogP contribution in [0.15, 0.2) is 77.0 Å². The summed E-state index contributed by atoms with van der Waals surface area (Å²) in [4.78, 5) is 5.16.